The van der Waals surface area contributed by atoms with E-state index in [1.165, 1.54) is 6.07 Å². The standard InChI is InChI=1S/C12H14FNO2/c13-9-4-8-6-15-7-16-12(8)10(5-9)11-2-1-3-14-11/h4-5,11,14H,1-3,6-7H2. The molecule has 1 aromatic carbocycles. The lowest BCUT2D eigenvalue weighted by molar-refractivity contribution is -0.0175. The zero-order chi connectivity index (χ0) is 11.0. The van der Waals surface area contributed by atoms with Gasteiger partial charge in [-0.25, -0.2) is 4.39 Å². The van der Waals surface area contributed by atoms with Crippen molar-refractivity contribution >= 4 is 0 Å². The van der Waals surface area contributed by atoms with Gasteiger partial charge in [0.05, 0.1) is 6.61 Å². The molecular weight excluding hydrogens is 209 g/mol. The molecule has 1 saturated heterocycles. The van der Waals surface area contributed by atoms with E-state index in [9.17, 15) is 4.39 Å². The molecule has 2 aliphatic rings. The lowest BCUT2D eigenvalue weighted by Crippen LogP contribution is -2.19. The van der Waals surface area contributed by atoms with E-state index < -0.39 is 0 Å². The Morgan fingerprint density at radius 2 is 2.31 bits per heavy atom. The Labute approximate surface area is 93.6 Å². The first kappa shape index (κ1) is 10.1. The quantitative estimate of drug-likeness (QED) is 0.791. The Morgan fingerprint density at radius 1 is 1.38 bits per heavy atom. The summed E-state index contributed by atoms with van der Waals surface area (Å²) in [5.41, 5.74) is 1.76. The maximum atomic E-state index is 13.5. The lowest BCUT2D eigenvalue weighted by atomic mass is 10.0. The van der Waals surface area contributed by atoms with Crippen LogP contribution in [-0.2, 0) is 11.3 Å². The first-order chi connectivity index (χ1) is 7.84. The van der Waals surface area contributed by atoms with Crippen molar-refractivity contribution < 1.29 is 13.9 Å². The maximum Gasteiger partial charge on any atom is 0.189 e. The molecule has 0 aromatic heterocycles. The number of nitrogens with one attached hydrogen (secondary N) is 1. The van der Waals surface area contributed by atoms with Gasteiger partial charge in [0, 0.05) is 17.2 Å². The SMILES string of the molecule is Fc1cc2c(c(C3CCCN3)c1)OCOC2. The second kappa shape index (κ2) is 4.03. The fourth-order valence-electron chi connectivity index (χ4n) is 2.42. The van der Waals surface area contributed by atoms with E-state index in [2.05, 4.69) is 5.32 Å². The summed E-state index contributed by atoms with van der Waals surface area (Å²) in [5.74, 6) is 0.601. The molecule has 4 heteroatoms. The van der Waals surface area contributed by atoms with Gasteiger partial charge in [0.25, 0.3) is 0 Å². The number of benzene rings is 1. The zero-order valence-electron chi connectivity index (χ0n) is 8.96. The van der Waals surface area contributed by atoms with E-state index in [4.69, 9.17) is 9.47 Å². The molecular formula is C12H14FNO2. The van der Waals surface area contributed by atoms with Gasteiger partial charge >= 0.3 is 0 Å². The second-order valence-electron chi connectivity index (χ2n) is 4.24. The summed E-state index contributed by atoms with van der Waals surface area (Å²) < 4.78 is 24.1. The molecule has 0 bridgehead atoms. The maximum absolute atomic E-state index is 13.5. The highest BCUT2D eigenvalue weighted by Gasteiger charge is 2.24. The zero-order valence-corrected chi connectivity index (χ0v) is 8.96. The molecule has 1 unspecified atom stereocenters. The molecule has 0 spiro atoms. The van der Waals surface area contributed by atoms with Crippen LogP contribution in [0.1, 0.15) is 30.0 Å². The largest absolute Gasteiger partial charge is 0.467 e. The molecule has 3 rings (SSSR count). The van der Waals surface area contributed by atoms with Crippen LogP contribution in [0.25, 0.3) is 0 Å². The van der Waals surface area contributed by atoms with Gasteiger partial charge in [-0.05, 0) is 31.5 Å². The Morgan fingerprint density at radius 3 is 3.12 bits per heavy atom. The van der Waals surface area contributed by atoms with Crippen molar-refractivity contribution in [1.82, 2.24) is 5.32 Å². The summed E-state index contributed by atoms with van der Waals surface area (Å²) in [6, 6.07) is 3.29. The summed E-state index contributed by atoms with van der Waals surface area (Å²) >= 11 is 0. The molecule has 1 atom stereocenters. The summed E-state index contributed by atoms with van der Waals surface area (Å²) in [5, 5.41) is 3.36. The molecule has 1 aromatic rings. The fourth-order valence-corrected chi connectivity index (χ4v) is 2.42. The monoisotopic (exact) mass is 223 g/mol. The van der Waals surface area contributed by atoms with E-state index in [0.717, 1.165) is 36.3 Å². The Kier molecular flexibility index (Phi) is 2.53. The Balaban J connectivity index is 2.04. The number of hydrogen-bond acceptors (Lipinski definition) is 3. The van der Waals surface area contributed by atoms with Gasteiger partial charge in [-0.1, -0.05) is 0 Å². The minimum absolute atomic E-state index is 0.212. The van der Waals surface area contributed by atoms with Crippen molar-refractivity contribution in [1.29, 1.82) is 0 Å². The summed E-state index contributed by atoms with van der Waals surface area (Å²) in [6.07, 6.45) is 2.17. The van der Waals surface area contributed by atoms with Gasteiger partial charge in [0.1, 0.15) is 11.6 Å². The van der Waals surface area contributed by atoms with Crippen LogP contribution in [0.3, 0.4) is 0 Å². The molecule has 0 aliphatic carbocycles. The van der Waals surface area contributed by atoms with Gasteiger partial charge in [0.2, 0.25) is 0 Å². The van der Waals surface area contributed by atoms with Crippen molar-refractivity contribution in [2.45, 2.75) is 25.5 Å². The summed E-state index contributed by atoms with van der Waals surface area (Å²) in [4.78, 5) is 0. The highest BCUT2D eigenvalue weighted by Crippen LogP contribution is 2.36. The average molecular weight is 223 g/mol. The van der Waals surface area contributed by atoms with Crippen LogP contribution in [0.2, 0.25) is 0 Å². The molecule has 16 heavy (non-hydrogen) atoms. The van der Waals surface area contributed by atoms with Crippen molar-refractivity contribution in [2.75, 3.05) is 13.3 Å². The van der Waals surface area contributed by atoms with Gasteiger partial charge < -0.3 is 14.8 Å². The molecule has 86 valence electrons. The van der Waals surface area contributed by atoms with E-state index in [-0.39, 0.29) is 18.7 Å². The van der Waals surface area contributed by atoms with Gasteiger partial charge in [0.15, 0.2) is 6.79 Å². The highest BCUT2D eigenvalue weighted by atomic mass is 19.1. The number of halogens is 1. The van der Waals surface area contributed by atoms with Crippen LogP contribution in [-0.4, -0.2) is 13.3 Å². The predicted octanol–water partition coefficient (Wildman–Crippen LogP) is 2.12. The van der Waals surface area contributed by atoms with E-state index >= 15 is 0 Å². The van der Waals surface area contributed by atoms with Crippen LogP contribution < -0.4 is 10.1 Å². The minimum atomic E-state index is -0.212. The molecule has 2 aliphatic heterocycles. The Hall–Kier alpha value is -1.13. The van der Waals surface area contributed by atoms with Crippen molar-refractivity contribution in [3.63, 3.8) is 0 Å². The minimum Gasteiger partial charge on any atom is -0.467 e. The number of rotatable bonds is 1. The molecule has 0 amide bonds. The third kappa shape index (κ3) is 1.68. The van der Waals surface area contributed by atoms with Gasteiger partial charge in [-0.2, -0.15) is 0 Å². The molecule has 0 saturated carbocycles. The van der Waals surface area contributed by atoms with Crippen molar-refractivity contribution in [2.24, 2.45) is 0 Å². The van der Waals surface area contributed by atoms with Gasteiger partial charge in [-0.15, -0.1) is 0 Å². The Bertz CT molecular complexity index is 402. The first-order valence-corrected chi connectivity index (χ1v) is 5.61. The number of hydrogen-bond donors (Lipinski definition) is 1. The van der Waals surface area contributed by atoms with Crippen LogP contribution in [0.15, 0.2) is 12.1 Å². The first-order valence-electron chi connectivity index (χ1n) is 5.61. The lowest BCUT2D eigenvalue weighted by Gasteiger charge is -2.23. The third-order valence-electron chi connectivity index (χ3n) is 3.14. The van der Waals surface area contributed by atoms with E-state index in [1.54, 1.807) is 6.07 Å². The van der Waals surface area contributed by atoms with Crippen LogP contribution >= 0.6 is 0 Å². The summed E-state index contributed by atoms with van der Waals surface area (Å²) in [7, 11) is 0. The van der Waals surface area contributed by atoms with Crippen molar-refractivity contribution in [3.05, 3.63) is 29.1 Å². The molecule has 2 heterocycles. The smallest absolute Gasteiger partial charge is 0.189 e. The second-order valence-corrected chi connectivity index (χ2v) is 4.24. The van der Waals surface area contributed by atoms with Crippen LogP contribution in [0.4, 0.5) is 4.39 Å². The predicted molar refractivity (Wildman–Crippen MR) is 56.7 cm³/mol. The normalized spacial score (nSPS) is 23.9. The number of fused-ring (bicyclic) bond motifs is 1. The summed E-state index contributed by atoms with van der Waals surface area (Å²) in [6.45, 7) is 1.69. The molecule has 3 nitrogen and oxygen atoms in total. The number of ether oxygens (including phenoxy) is 2. The topological polar surface area (TPSA) is 30.5 Å². The van der Waals surface area contributed by atoms with Crippen LogP contribution in [0.5, 0.6) is 5.75 Å². The van der Waals surface area contributed by atoms with Gasteiger partial charge in [-0.3, -0.25) is 0 Å². The highest BCUT2D eigenvalue weighted by molar-refractivity contribution is 5.44. The molecule has 1 fully saturated rings. The fraction of sp³-hybridized carbons (Fsp3) is 0.500. The van der Waals surface area contributed by atoms with Crippen LogP contribution in [0, 0.1) is 5.82 Å². The molecule has 1 N–H and O–H groups in total. The van der Waals surface area contributed by atoms with E-state index in [0.29, 0.717) is 6.61 Å². The molecule has 0 radical (unpaired) electrons. The average Bonchev–Trinajstić information content (AvgIpc) is 2.81. The third-order valence-corrected chi connectivity index (χ3v) is 3.14. The van der Waals surface area contributed by atoms with Crippen molar-refractivity contribution in [3.8, 4) is 5.75 Å². The van der Waals surface area contributed by atoms with E-state index in [1.807, 2.05) is 0 Å².